The van der Waals surface area contributed by atoms with Crippen molar-refractivity contribution in [2.75, 3.05) is 37.6 Å². The maximum Gasteiger partial charge on any atom is 0.310 e. The van der Waals surface area contributed by atoms with Crippen LogP contribution < -0.4 is 4.90 Å². The van der Waals surface area contributed by atoms with Gasteiger partial charge in [-0.2, -0.15) is 0 Å². The molecule has 6 rings (SSSR count). The summed E-state index contributed by atoms with van der Waals surface area (Å²) < 4.78 is 12.5. The van der Waals surface area contributed by atoms with E-state index in [0.717, 1.165) is 52.0 Å². The standard InChI is InChI=1S/C25H32N2O3/c1-17-8-11-25-21(17)22-19(9-10-24(25,2)30-25)20(23(28)29-22)16-26-12-14-27(15-13-26)18-6-4-3-5-7-18/h3-8,19-22H,9-16H2,1-2H3. The van der Waals surface area contributed by atoms with Crippen molar-refractivity contribution in [3.8, 4) is 0 Å². The molecule has 6 atom stereocenters. The van der Waals surface area contributed by atoms with Crippen LogP contribution in [-0.2, 0) is 14.3 Å². The van der Waals surface area contributed by atoms with Crippen LogP contribution in [0.4, 0.5) is 5.69 Å². The lowest BCUT2D eigenvalue weighted by Crippen LogP contribution is -2.49. The number of nitrogens with zero attached hydrogens (tertiary/aromatic N) is 2. The lowest BCUT2D eigenvalue weighted by molar-refractivity contribution is -0.146. The molecule has 5 nitrogen and oxygen atoms in total. The number of hydrogen-bond acceptors (Lipinski definition) is 5. The van der Waals surface area contributed by atoms with Gasteiger partial charge in [0.25, 0.3) is 0 Å². The molecule has 1 spiro atoms. The zero-order valence-electron chi connectivity index (χ0n) is 18.0. The Labute approximate surface area is 179 Å². The zero-order valence-corrected chi connectivity index (χ0v) is 18.0. The zero-order chi connectivity index (χ0) is 20.5. The quantitative estimate of drug-likeness (QED) is 0.436. The summed E-state index contributed by atoms with van der Waals surface area (Å²) >= 11 is 0. The lowest BCUT2D eigenvalue weighted by Gasteiger charge is -2.37. The van der Waals surface area contributed by atoms with Crippen LogP contribution >= 0.6 is 0 Å². The van der Waals surface area contributed by atoms with Gasteiger partial charge in [0.1, 0.15) is 11.7 Å². The van der Waals surface area contributed by atoms with Crippen molar-refractivity contribution in [1.82, 2.24) is 4.90 Å². The fourth-order valence-corrected chi connectivity index (χ4v) is 6.90. The van der Waals surface area contributed by atoms with Gasteiger partial charge in [0.05, 0.1) is 11.5 Å². The van der Waals surface area contributed by atoms with Gasteiger partial charge in [-0.25, -0.2) is 0 Å². The van der Waals surface area contributed by atoms with Gasteiger partial charge < -0.3 is 14.4 Å². The smallest absolute Gasteiger partial charge is 0.310 e. The third-order valence-corrected chi connectivity index (χ3v) is 8.71. The monoisotopic (exact) mass is 408 g/mol. The van der Waals surface area contributed by atoms with Crippen LogP contribution in [0.5, 0.6) is 0 Å². The number of fused-ring (bicyclic) bond motifs is 2. The summed E-state index contributed by atoms with van der Waals surface area (Å²) in [5.74, 6) is 0.597. The molecule has 1 saturated carbocycles. The average molecular weight is 409 g/mol. The Morgan fingerprint density at radius 3 is 2.67 bits per heavy atom. The number of anilines is 1. The van der Waals surface area contributed by atoms with Crippen molar-refractivity contribution in [2.24, 2.45) is 17.8 Å². The third-order valence-electron chi connectivity index (χ3n) is 8.71. The summed E-state index contributed by atoms with van der Waals surface area (Å²) in [6.07, 6.45) is 5.37. The van der Waals surface area contributed by atoms with E-state index in [4.69, 9.17) is 9.47 Å². The number of benzene rings is 1. The maximum atomic E-state index is 13.0. The molecule has 0 radical (unpaired) electrons. The fourth-order valence-electron chi connectivity index (χ4n) is 6.90. The Kier molecular flexibility index (Phi) is 4.14. The number of esters is 1. The normalized spacial score (nSPS) is 42.7. The molecule has 30 heavy (non-hydrogen) atoms. The molecule has 5 aliphatic rings. The van der Waals surface area contributed by atoms with Gasteiger partial charge >= 0.3 is 5.97 Å². The molecule has 0 amide bonds. The molecule has 1 aromatic rings. The van der Waals surface area contributed by atoms with Crippen LogP contribution in [0.3, 0.4) is 0 Å². The summed E-state index contributed by atoms with van der Waals surface area (Å²) in [7, 11) is 0. The van der Waals surface area contributed by atoms with E-state index in [9.17, 15) is 4.79 Å². The highest BCUT2D eigenvalue weighted by Crippen LogP contribution is 2.67. The van der Waals surface area contributed by atoms with Crippen molar-refractivity contribution < 1.29 is 14.3 Å². The van der Waals surface area contributed by atoms with Gasteiger partial charge in [0, 0.05) is 50.2 Å². The molecule has 0 bridgehead atoms. The third kappa shape index (κ3) is 2.64. The topological polar surface area (TPSA) is 45.3 Å². The predicted octanol–water partition coefficient (Wildman–Crippen LogP) is 3.25. The van der Waals surface area contributed by atoms with Crippen LogP contribution in [0, 0.1) is 17.8 Å². The Morgan fingerprint density at radius 2 is 1.90 bits per heavy atom. The number of hydrogen-bond donors (Lipinski definition) is 0. The first-order valence-corrected chi connectivity index (χ1v) is 11.6. The van der Waals surface area contributed by atoms with Crippen molar-refractivity contribution in [3.63, 3.8) is 0 Å². The van der Waals surface area contributed by atoms with E-state index < -0.39 is 0 Å². The van der Waals surface area contributed by atoms with E-state index in [-0.39, 0.29) is 35.1 Å². The first kappa shape index (κ1) is 18.9. The van der Waals surface area contributed by atoms with Gasteiger partial charge in [-0.15, -0.1) is 0 Å². The van der Waals surface area contributed by atoms with E-state index in [2.05, 4.69) is 60.1 Å². The highest BCUT2D eigenvalue weighted by atomic mass is 16.6. The molecule has 2 aliphatic carbocycles. The Hall–Kier alpha value is -1.85. The minimum absolute atomic E-state index is 0.00353. The van der Waals surface area contributed by atoms with Gasteiger partial charge in [-0.3, -0.25) is 9.69 Å². The first-order valence-electron chi connectivity index (χ1n) is 11.6. The van der Waals surface area contributed by atoms with Crippen molar-refractivity contribution >= 4 is 11.7 Å². The molecule has 6 unspecified atom stereocenters. The van der Waals surface area contributed by atoms with E-state index in [0.29, 0.717) is 5.92 Å². The van der Waals surface area contributed by atoms with Crippen LogP contribution in [0.15, 0.2) is 42.0 Å². The summed E-state index contributed by atoms with van der Waals surface area (Å²) in [6, 6.07) is 10.6. The first-order chi connectivity index (χ1) is 14.5. The van der Waals surface area contributed by atoms with Crippen molar-refractivity contribution in [1.29, 1.82) is 0 Å². The van der Waals surface area contributed by atoms with Crippen LogP contribution in [0.2, 0.25) is 0 Å². The average Bonchev–Trinajstić information content (AvgIpc) is 3.07. The van der Waals surface area contributed by atoms with Crippen LogP contribution in [0.25, 0.3) is 0 Å². The number of carbonyl (C=O) groups is 1. The molecule has 3 heterocycles. The molecular formula is C25H32N2O3. The van der Waals surface area contributed by atoms with E-state index in [1.165, 1.54) is 11.3 Å². The maximum absolute atomic E-state index is 13.0. The second kappa shape index (κ2) is 6.57. The van der Waals surface area contributed by atoms with E-state index in [1.54, 1.807) is 0 Å². The molecule has 3 saturated heterocycles. The summed E-state index contributed by atoms with van der Waals surface area (Å²) in [4.78, 5) is 17.9. The molecular weight excluding hydrogens is 376 g/mol. The SMILES string of the molecule is CC1=CCC23OC2(C)CCC2C(CN4CCN(c5ccccc5)CC4)C(=O)OC2C13. The number of para-hydroxylation sites is 1. The minimum Gasteiger partial charge on any atom is -0.461 e. The van der Waals surface area contributed by atoms with Gasteiger partial charge in [-0.05, 0) is 45.2 Å². The molecule has 1 aromatic carbocycles. The molecule has 4 fully saturated rings. The van der Waals surface area contributed by atoms with Crippen LogP contribution in [0.1, 0.15) is 33.1 Å². The molecule has 0 N–H and O–H groups in total. The van der Waals surface area contributed by atoms with Gasteiger partial charge in [-0.1, -0.05) is 29.8 Å². The van der Waals surface area contributed by atoms with Gasteiger partial charge in [0.2, 0.25) is 0 Å². The highest BCUT2D eigenvalue weighted by molar-refractivity contribution is 5.76. The lowest BCUT2D eigenvalue weighted by atomic mass is 9.77. The van der Waals surface area contributed by atoms with Gasteiger partial charge in [0.15, 0.2) is 0 Å². The molecule has 5 heteroatoms. The predicted molar refractivity (Wildman–Crippen MR) is 115 cm³/mol. The molecule has 160 valence electrons. The fraction of sp³-hybridized carbons (Fsp3) is 0.640. The highest BCUT2D eigenvalue weighted by Gasteiger charge is 2.75. The summed E-state index contributed by atoms with van der Waals surface area (Å²) in [5.41, 5.74) is 2.52. The van der Waals surface area contributed by atoms with E-state index >= 15 is 0 Å². The second-order valence-corrected chi connectivity index (χ2v) is 10.2. The summed E-state index contributed by atoms with van der Waals surface area (Å²) in [5, 5.41) is 0. The molecule has 0 aromatic heterocycles. The largest absolute Gasteiger partial charge is 0.461 e. The number of rotatable bonds is 3. The minimum atomic E-state index is -0.104. The number of piperazine rings is 1. The van der Waals surface area contributed by atoms with E-state index in [1.807, 2.05) is 0 Å². The Morgan fingerprint density at radius 1 is 1.13 bits per heavy atom. The van der Waals surface area contributed by atoms with Crippen molar-refractivity contribution in [3.05, 3.63) is 42.0 Å². The number of carbonyl (C=O) groups excluding carboxylic acids is 1. The number of epoxide rings is 1. The Bertz CT molecular complexity index is 878. The Balaban J connectivity index is 1.15. The summed E-state index contributed by atoms with van der Waals surface area (Å²) in [6.45, 7) is 9.34. The second-order valence-electron chi connectivity index (χ2n) is 10.2. The van der Waals surface area contributed by atoms with Crippen LogP contribution in [-0.4, -0.2) is 60.9 Å². The molecule has 3 aliphatic heterocycles. The number of ether oxygens (including phenoxy) is 2. The van der Waals surface area contributed by atoms with Crippen molar-refractivity contribution in [2.45, 2.75) is 50.4 Å².